The van der Waals surface area contributed by atoms with Crippen LogP contribution in [-0.2, 0) is 13.1 Å². The Balaban J connectivity index is 2.04. The van der Waals surface area contributed by atoms with Crippen LogP contribution in [0.25, 0.3) is 0 Å². The lowest BCUT2D eigenvalue weighted by molar-refractivity contribution is 0.354. The molecule has 0 aliphatic heterocycles. The SMILES string of the molecule is COc1cc(Br)c(CNCc2sccc2C)cc1OC. The van der Waals surface area contributed by atoms with Gasteiger partial charge in [-0.1, -0.05) is 15.9 Å². The fourth-order valence-corrected chi connectivity index (χ4v) is 3.27. The van der Waals surface area contributed by atoms with E-state index < -0.39 is 0 Å². The second-order valence-corrected chi connectivity index (χ2v) is 6.28. The second kappa shape index (κ2) is 7.11. The van der Waals surface area contributed by atoms with Gasteiger partial charge in [0.05, 0.1) is 14.2 Å². The van der Waals surface area contributed by atoms with Gasteiger partial charge in [-0.2, -0.15) is 0 Å². The Morgan fingerprint density at radius 2 is 1.85 bits per heavy atom. The van der Waals surface area contributed by atoms with Gasteiger partial charge in [0.15, 0.2) is 11.5 Å². The lowest BCUT2D eigenvalue weighted by Gasteiger charge is -2.12. The molecule has 0 aliphatic rings. The van der Waals surface area contributed by atoms with Crippen LogP contribution in [0.4, 0.5) is 0 Å². The van der Waals surface area contributed by atoms with Crippen molar-refractivity contribution in [2.45, 2.75) is 20.0 Å². The summed E-state index contributed by atoms with van der Waals surface area (Å²) in [4.78, 5) is 1.38. The molecule has 0 saturated carbocycles. The molecule has 0 aliphatic carbocycles. The summed E-state index contributed by atoms with van der Waals surface area (Å²) in [6.45, 7) is 3.79. The van der Waals surface area contributed by atoms with E-state index in [9.17, 15) is 0 Å². The lowest BCUT2D eigenvalue weighted by Crippen LogP contribution is -2.13. The molecule has 20 heavy (non-hydrogen) atoms. The summed E-state index contributed by atoms with van der Waals surface area (Å²) in [7, 11) is 3.29. The van der Waals surface area contributed by atoms with Crippen molar-refractivity contribution in [3.63, 3.8) is 0 Å². The van der Waals surface area contributed by atoms with E-state index in [0.717, 1.165) is 34.6 Å². The Labute approximate surface area is 132 Å². The smallest absolute Gasteiger partial charge is 0.161 e. The van der Waals surface area contributed by atoms with Gasteiger partial charge in [-0.3, -0.25) is 0 Å². The normalized spacial score (nSPS) is 10.6. The van der Waals surface area contributed by atoms with Crippen molar-refractivity contribution in [1.82, 2.24) is 5.32 Å². The maximum atomic E-state index is 5.33. The number of benzene rings is 1. The molecule has 5 heteroatoms. The topological polar surface area (TPSA) is 30.5 Å². The van der Waals surface area contributed by atoms with Gasteiger partial charge in [-0.25, -0.2) is 0 Å². The van der Waals surface area contributed by atoms with Crippen LogP contribution in [0.1, 0.15) is 16.0 Å². The number of nitrogens with one attached hydrogen (secondary N) is 1. The third-order valence-electron chi connectivity index (χ3n) is 3.12. The third kappa shape index (κ3) is 3.53. The zero-order chi connectivity index (χ0) is 14.5. The molecule has 0 spiro atoms. The zero-order valence-electron chi connectivity index (χ0n) is 11.8. The highest BCUT2D eigenvalue weighted by Crippen LogP contribution is 2.33. The quantitative estimate of drug-likeness (QED) is 0.844. The molecule has 0 saturated heterocycles. The van der Waals surface area contributed by atoms with Crippen molar-refractivity contribution < 1.29 is 9.47 Å². The molecule has 0 radical (unpaired) electrons. The standard InChI is InChI=1S/C15H18BrNO2S/c1-10-4-5-20-15(10)9-17-8-11-6-13(18-2)14(19-3)7-12(11)16/h4-7,17H,8-9H2,1-3H3. The Morgan fingerprint density at radius 3 is 2.45 bits per heavy atom. The van der Waals surface area contributed by atoms with Gasteiger partial charge in [-0.05, 0) is 41.6 Å². The van der Waals surface area contributed by atoms with Crippen molar-refractivity contribution in [1.29, 1.82) is 0 Å². The van der Waals surface area contributed by atoms with Crippen molar-refractivity contribution in [3.8, 4) is 11.5 Å². The second-order valence-electron chi connectivity index (χ2n) is 4.43. The first-order chi connectivity index (χ1) is 9.65. The molecule has 0 atom stereocenters. The average Bonchev–Trinajstić information content (AvgIpc) is 2.85. The Morgan fingerprint density at radius 1 is 1.15 bits per heavy atom. The molecule has 2 aromatic rings. The van der Waals surface area contributed by atoms with E-state index in [1.165, 1.54) is 10.4 Å². The Bertz CT molecular complexity index is 583. The number of hydrogen-bond donors (Lipinski definition) is 1. The highest BCUT2D eigenvalue weighted by molar-refractivity contribution is 9.10. The van der Waals surface area contributed by atoms with E-state index in [1.54, 1.807) is 25.6 Å². The van der Waals surface area contributed by atoms with E-state index >= 15 is 0 Å². The molecule has 0 unspecified atom stereocenters. The van der Waals surface area contributed by atoms with Crippen LogP contribution in [0.2, 0.25) is 0 Å². The Kier molecular flexibility index (Phi) is 5.46. The van der Waals surface area contributed by atoms with Crippen LogP contribution in [0.15, 0.2) is 28.1 Å². The fourth-order valence-electron chi connectivity index (χ4n) is 1.93. The summed E-state index contributed by atoms with van der Waals surface area (Å²) in [5.41, 5.74) is 2.49. The minimum atomic E-state index is 0.734. The summed E-state index contributed by atoms with van der Waals surface area (Å²) < 4.78 is 11.6. The number of ether oxygens (including phenoxy) is 2. The highest BCUT2D eigenvalue weighted by atomic mass is 79.9. The zero-order valence-corrected chi connectivity index (χ0v) is 14.2. The number of halogens is 1. The molecule has 1 aromatic carbocycles. The van der Waals surface area contributed by atoms with Crippen LogP contribution in [0.5, 0.6) is 11.5 Å². The number of rotatable bonds is 6. The minimum Gasteiger partial charge on any atom is -0.493 e. The number of thiophene rings is 1. The van der Waals surface area contributed by atoms with Crippen LogP contribution < -0.4 is 14.8 Å². The lowest BCUT2D eigenvalue weighted by atomic mass is 10.2. The summed E-state index contributed by atoms with van der Waals surface area (Å²) in [5.74, 6) is 1.48. The van der Waals surface area contributed by atoms with Crippen LogP contribution >= 0.6 is 27.3 Å². The van der Waals surface area contributed by atoms with Gasteiger partial charge in [0.25, 0.3) is 0 Å². The molecule has 3 nitrogen and oxygen atoms in total. The predicted octanol–water partition coefficient (Wildman–Crippen LogP) is 4.13. The first-order valence-electron chi connectivity index (χ1n) is 6.29. The third-order valence-corrected chi connectivity index (χ3v) is 4.88. The predicted molar refractivity (Wildman–Crippen MR) is 86.8 cm³/mol. The fraction of sp³-hybridized carbons (Fsp3) is 0.333. The van der Waals surface area contributed by atoms with Crippen LogP contribution in [0.3, 0.4) is 0 Å². The first kappa shape index (κ1) is 15.4. The van der Waals surface area contributed by atoms with E-state index in [-0.39, 0.29) is 0 Å². The van der Waals surface area contributed by atoms with Gasteiger partial charge < -0.3 is 14.8 Å². The van der Waals surface area contributed by atoms with Gasteiger partial charge in [0.2, 0.25) is 0 Å². The average molecular weight is 356 g/mol. The van der Waals surface area contributed by atoms with Gasteiger partial charge in [-0.15, -0.1) is 11.3 Å². The van der Waals surface area contributed by atoms with Gasteiger partial charge in [0, 0.05) is 22.4 Å². The first-order valence-corrected chi connectivity index (χ1v) is 7.97. The molecule has 108 valence electrons. The Hall–Kier alpha value is -1.04. The molecule has 0 amide bonds. The molecule has 2 rings (SSSR count). The van der Waals surface area contributed by atoms with E-state index in [2.05, 4.69) is 39.6 Å². The van der Waals surface area contributed by atoms with E-state index in [1.807, 2.05) is 12.1 Å². The molecule has 1 N–H and O–H groups in total. The maximum absolute atomic E-state index is 5.33. The molecule has 1 aromatic heterocycles. The molecular formula is C15H18BrNO2S. The summed E-state index contributed by atoms with van der Waals surface area (Å²) in [5, 5.41) is 5.58. The molecule has 0 bridgehead atoms. The van der Waals surface area contributed by atoms with E-state index in [0.29, 0.717) is 0 Å². The summed E-state index contributed by atoms with van der Waals surface area (Å²) in [6, 6.07) is 6.08. The monoisotopic (exact) mass is 355 g/mol. The van der Waals surface area contributed by atoms with Crippen LogP contribution in [0, 0.1) is 6.92 Å². The number of aryl methyl sites for hydroxylation is 1. The largest absolute Gasteiger partial charge is 0.493 e. The summed E-state index contributed by atoms with van der Waals surface area (Å²) in [6.07, 6.45) is 0. The van der Waals surface area contributed by atoms with E-state index in [4.69, 9.17) is 9.47 Å². The summed E-state index contributed by atoms with van der Waals surface area (Å²) >= 11 is 5.36. The number of hydrogen-bond acceptors (Lipinski definition) is 4. The van der Waals surface area contributed by atoms with Gasteiger partial charge in [0.1, 0.15) is 0 Å². The van der Waals surface area contributed by atoms with Gasteiger partial charge >= 0.3 is 0 Å². The highest BCUT2D eigenvalue weighted by Gasteiger charge is 2.09. The maximum Gasteiger partial charge on any atom is 0.161 e. The molecule has 0 fully saturated rings. The van der Waals surface area contributed by atoms with Crippen molar-refractivity contribution in [3.05, 3.63) is 44.1 Å². The van der Waals surface area contributed by atoms with Crippen molar-refractivity contribution >= 4 is 27.3 Å². The van der Waals surface area contributed by atoms with Crippen LogP contribution in [-0.4, -0.2) is 14.2 Å². The van der Waals surface area contributed by atoms with Crippen molar-refractivity contribution in [2.24, 2.45) is 0 Å². The molecule has 1 heterocycles. The van der Waals surface area contributed by atoms with Crippen molar-refractivity contribution in [2.75, 3.05) is 14.2 Å². The molecular weight excluding hydrogens is 338 g/mol. The number of methoxy groups -OCH3 is 2. The minimum absolute atomic E-state index is 0.734.